The number of methoxy groups -OCH3 is 2. The van der Waals surface area contributed by atoms with Crippen molar-refractivity contribution in [2.24, 2.45) is 51.2 Å². The smallest absolute Gasteiger partial charge is 0.302 e. The van der Waals surface area contributed by atoms with E-state index in [0.717, 1.165) is 82.6 Å². The molecular weight excluding hydrogens is 712 g/mol. The number of esters is 1. The summed E-state index contributed by atoms with van der Waals surface area (Å²) in [6.07, 6.45) is 12.6. The van der Waals surface area contributed by atoms with Gasteiger partial charge in [-0.3, -0.25) is 9.59 Å². The molecule has 10 heteroatoms. The molecule has 10 unspecified atom stereocenters. The van der Waals surface area contributed by atoms with E-state index in [4.69, 9.17) is 33.2 Å². The highest BCUT2D eigenvalue weighted by atomic mass is 16.7. The summed E-state index contributed by atoms with van der Waals surface area (Å²) in [5.41, 5.74) is -0.773. The van der Waals surface area contributed by atoms with Gasteiger partial charge in [0.15, 0.2) is 23.6 Å². The Morgan fingerprint density at radius 1 is 0.875 bits per heavy atom. The van der Waals surface area contributed by atoms with Crippen LogP contribution < -0.4 is 0 Å². The van der Waals surface area contributed by atoms with Crippen molar-refractivity contribution in [2.45, 2.75) is 180 Å². The fourth-order valence-corrected chi connectivity index (χ4v) is 15.5. The van der Waals surface area contributed by atoms with Crippen molar-refractivity contribution < 1.29 is 47.9 Å². The lowest BCUT2D eigenvalue weighted by molar-refractivity contribution is -0.359. The minimum atomic E-state index is -0.744. The molecule has 8 rings (SSSR count). The number of rotatable bonds is 9. The predicted molar refractivity (Wildman–Crippen MR) is 209 cm³/mol. The first-order chi connectivity index (χ1) is 26.5. The molecule has 7 fully saturated rings. The zero-order valence-corrected chi connectivity index (χ0v) is 36.0. The first-order valence-corrected chi connectivity index (χ1v) is 22.2. The van der Waals surface area contributed by atoms with Crippen molar-refractivity contribution in [3.8, 4) is 0 Å². The number of aliphatic hydroxyl groups excluding tert-OH is 1. The second kappa shape index (κ2) is 14.3. The summed E-state index contributed by atoms with van der Waals surface area (Å²) in [4.78, 5) is 26.0. The number of aliphatic hydroxyl groups is 1. The Kier molecular flexibility index (Phi) is 10.5. The summed E-state index contributed by atoms with van der Waals surface area (Å²) in [7, 11) is 3.44. The molecule has 2 saturated heterocycles. The number of ketones is 1. The lowest BCUT2D eigenvalue weighted by Crippen LogP contribution is -2.69. The number of fused-ring (bicyclic) bond motifs is 9. The third-order valence-electron chi connectivity index (χ3n) is 18.2. The largest absolute Gasteiger partial charge is 0.490 e. The molecule has 0 aromatic heterocycles. The van der Waals surface area contributed by atoms with E-state index in [1.54, 1.807) is 14.2 Å². The predicted octanol–water partition coefficient (Wildman–Crippen LogP) is 8.07. The molecule has 0 amide bonds. The Hall–Kier alpha value is -1.56. The molecule has 6 aliphatic carbocycles. The molecule has 316 valence electrons. The molecule has 2 aliphatic heterocycles. The van der Waals surface area contributed by atoms with Crippen molar-refractivity contribution in [1.82, 2.24) is 0 Å². The van der Waals surface area contributed by atoms with Gasteiger partial charge in [0.25, 0.3) is 0 Å². The first-order valence-electron chi connectivity index (χ1n) is 22.2. The standard InChI is InChI=1S/C46H72O10/c1-28-10-14-35-42(6)27-53-40(3,4)55-37(42)18-20-43(35,7)46(28)23-22-44(26-47,56-46)24-25-52-38-33-12-11-30-31-13-15-36(54-29(2)48)41(31,5)19-16-32(30)45(33,21-17-34(38)49)39(50-8)51-9/h28,30-32,35-37,39,47H,10-27H2,1-9H3/t28-,30?,31?,32?,35?,36?,37?,41?,42+,43-,44?,45?,46?/m1/s1. The van der Waals surface area contributed by atoms with Crippen LogP contribution in [0.25, 0.3) is 0 Å². The van der Waals surface area contributed by atoms with E-state index < -0.39 is 23.1 Å². The minimum Gasteiger partial charge on any atom is -0.490 e. The monoisotopic (exact) mass is 785 g/mol. The Bertz CT molecular complexity index is 1570. The average Bonchev–Trinajstić information content (AvgIpc) is 3.71. The number of hydrogen-bond acceptors (Lipinski definition) is 10. The van der Waals surface area contributed by atoms with E-state index in [1.165, 1.54) is 6.92 Å². The quantitative estimate of drug-likeness (QED) is 0.182. The lowest BCUT2D eigenvalue weighted by atomic mass is 9.43. The highest BCUT2D eigenvalue weighted by molar-refractivity contribution is 5.95. The summed E-state index contributed by atoms with van der Waals surface area (Å²) < 4.78 is 45.4. The molecular formula is C46H72O10. The fourth-order valence-electron chi connectivity index (χ4n) is 15.5. The van der Waals surface area contributed by atoms with Gasteiger partial charge in [0.2, 0.25) is 0 Å². The van der Waals surface area contributed by atoms with Crippen LogP contribution in [0.2, 0.25) is 0 Å². The topological polar surface area (TPSA) is 119 Å². The Morgan fingerprint density at radius 2 is 1.64 bits per heavy atom. The fraction of sp³-hybridized carbons (Fsp3) is 0.913. The summed E-state index contributed by atoms with van der Waals surface area (Å²) >= 11 is 0. The molecule has 1 N–H and O–H groups in total. The van der Waals surface area contributed by atoms with Gasteiger partial charge in [0.1, 0.15) is 6.10 Å². The van der Waals surface area contributed by atoms with Crippen molar-refractivity contribution in [2.75, 3.05) is 34.0 Å². The van der Waals surface area contributed by atoms with E-state index in [0.29, 0.717) is 61.9 Å². The zero-order valence-electron chi connectivity index (χ0n) is 36.0. The summed E-state index contributed by atoms with van der Waals surface area (Å²) in [6.45, 7) is 16.0. The SMILES string of the molecule is COC(OC)C12CCC(=O)C(OCCC3(CO)CCC4(O3)[C@H](C)CCC3[C@]5(C)COC(C)(C)OC5CC[C@]34C)=C1CCC1C3CCC(OC(C)=O)C3(C)CCC12. The highest BCUT2D eigenvalue weighted by Gasteiger charge is 2.70. The number of ether oxygens (including phenoxy) is 7. The highest BCUT2D eigenvalue weighted by Crippen LogP contribution is 2.70. The molecule has 5 saturated carbocycles. The van der Waals surface area contributed by atoms with Crippen LogP contribution in [0.5, 0.6) is 0 Å². The van der Waals surface area contributed by atoms with Gasteiger partial charge in [0.05, 0.1) is 37.1 Å². The maximum atomic E-state index is 14.0. The second-order valence-corrected chi connectivity index (χ2v) is 20.9. The van der Waals surface area contributed by atoms with Gasteiger partial charge >= 0.3 is 5.97 Å². The molecule has 0 radical (unpaired) electrons. The van der Waals surface area contributed by atoms with E-state index in [1.807, 2.05) is 13.8 Å². The van der Waals surface area contributed by atoms with Gasteiger partial charge < -0.3 is 38.3 Å². The molecule has 2 heterocycles. The number of Topliss-reactive ketones (excluding diaryl/α,β-unsaturated/α-hetero) is 1. The first kappa shape index (κ1) is 41.2. The van der Waals surface area contributed by atoms with E-state index in [2.05, 4.69) is 27.7 Å². The second-order valence-electron chi connectivity index (χ2n) is 20.9. The zero-order chi connectivity index (χ0) is 40.1. The lowest BCUT2D eigenvalue weighted by Gasteiger charge is -2.67. The van der Waals surface area contributed by atoms with Crippen LogP contribution in [0.4, 0.5) is 0 Å². The third-order valence-corrected chi connectivity index (χ3v) is 18.2. The van der Waals surface area contributed by atoms with Gasteiger partial charge in [-0.2, -0.15) is 0 Å². The molecule has 0 aromatic rings. The van der Waals surface area contributed by atoms with Crippen molar-refractivity contribution in [1.29, 1.82) is 0 Å². The van der Waals surface area contributed by atoms with Crippen LogP contribution in [0.3, 0.4) is 0 Å². The molecule has 13 atom stereocenters. The minimum absolute atomic E-state index is 0.0482. The maximum absolute atomic E-state index is 14.0. The van der Waals surface area contributed by atoms with E-state index >= 15 is 0 Å². The number of hydrogen-bond donors (Lipinski definition) is 1. The van der Waals surface area contributed by atoms with Crippen LogP contribution in [0, 0.1) is 51.2 Å². The Balaban J connectivity index is 1.04. The molecule has 8 aliphatic rings. The molecule has 0 aromatic carbocycles. The van der Waals surface area contributed by atoms with Gasteiger partial charge in [-0.25, -0.2) is 0 Å². The maximum Gasteiger partial charge on any atom is 0.302 e. The average molecular weight is 785 g/mol. The van der Waals surface area contributed by atoms with E-state index in [9.17, 15) is 14.7 Å². The third kappa shape index (κ3) is 5.89. The Morgan fingerprint density at radius 3 is 2.36 bits per heavy atom. The molecule has 10 nitrogen and oxygen atoms in total. The molecule has 0 bridgehead atoms. The normalized spacial score (nSPS) is 48.2. The number of carbonyl (C=O) groups is 2. The summed E-state index contributed by atoms with van der Waals surface area (Å²) in [6, 6.07) is 0. The van der Waals surface area contributed by atoms with Crippen LogP contribution in [-0.2, 0) is 42.7 Å². The van der Waals surface area contributed by atoms with Crippen LogP contribution in [0.15, 0.2) is 11.3 Å². The van der Waals surface area contributed by atoms with Crippen LogP contribution in [-0.4, -0.2) is 86.4 Å². The van der Waals surface area contributed by atoms with E-state index in [-0.39, 0.29) is 58.3 Å². The van der Waals surface area contributed by atoms with Crippen LogP contribution >= 0.6 is 0 Å². The Labute approximate surface area is 335 Å². The van der Waals surface area contributed by atoms with Crippen molar-refractivity contribution in [3.63, 3.8) is 0 Å². The summed E-state index contributed by atoms with van der Waals surface area (Å²) in [5.74, 6) is 1.63. The van der Waals surface area contributed by atoms with Gasteiger partial charge in [-0.1, -0.05) is 27.7 Å². The van der Waals surface area contributed by atoms with Crippen LogP contribution in [0.1, 0.15) is 145 Å². The van der Waals surface area contributed by atoms with Gasteiger partial charge in [0, 0.05) is 55.6 Å². The number of carbonyl (C=O) groups excluding carboxylic acids is 2. The van der Waals surface area contributed by atoms with Gasteiger partial charge in [-0.15, -0.1) is 0 Å². The molecule has 1 spiro atoms. The molecule has 56 heavy (non-hydrogen) atoms. The van der Waals surface area contributed by atoms with Crippen molar-refractivity contribution >= 4 is 11.8 Å². The summed E-state index contributed by atoms with van der Waals surface area (Å²) in [5, 5.41) is 11.2. The van der Waals surface area contributed by atoms with Crippen molar-refractivity contribution in [3.05, 3.63) is 11.3 Å². The van der Waals surface area contributed by atoms with Gasteiger partial charge in [-0.05, 0) is 132 Å².